The van der Waals surface area contributed by atoms with E-state index in [0.717, 1.165) is 55.0 Å². The molecule has 0 atom stereocenters. The Morgan fingerprint density at radius 2 is 2.14 bits per heavy atom. The molecule has 0 radical (unpaired) electrons. The molecule has 1 aromatic heterocycles. The number of hydrogen-bond donors (Lipinski definition) is 3. The maximum atomic E-state index is 12.2. The molecule has 4 rings (SSSR count). The van der Waals surface area contributed by atoms with Crippen molar-refractivity contribution in [2.75, 3.05) is 30.4 Å². The molecule has 1 saturated heterocycles. The summed E-state index contributed by atoms with van der Waals surface area (Å²) in [6.45, 7) is 4.30. The van der Waals surface area contributed by atoms with E-state index in [-0.39, 0.29) is 17.4 Å². The van der Waals surface area contributed by atoms with Crippen molar-refractivity contribution in [1.82, 2.24) is 10.3 Å². The quantitative estimate of drug-likeness (QED) is 0.731. The summed E-state index contributed by atoms with van der Waals surface area (Å²) >= 11 is 1.40. The number of fused-ring (bicyclic) bond motifs is 1. The van der Waals surface area contributed by atoms with Gasteiger partial charge in [0.25, 0.3) is 0 Å². The highest BCUT2D eigenvalue weighted by Gasteiger charge is 2.27. The molecule has 3 heterocycles. The van der Waals surface area contributed by atoms with Crippen LogP contribution >= 0.6 is 11.3 Å². The van der Waals surface area contributed by atoms with Crippen LogP contribution in [0.3, 0.4) is 0 Å². The molecule has 8 heteroatoms. The van der Waals surface area contributed by atoms with E-state index < -0.39 is 0 Å². The Hall–Kier alpha value is -2.45. The maximum absolute atomic E-state index is 12.2. The van der Waals surface area contributed by atoms with Crippen LogP contribution in [0.25, 0.3) is 11.3 Å². The van der Waals surface area contributed by atoms with Crippen molar-refractivity contribution in [1.29, 1.82) is 0 Å². The molecule has 2 aliphatic heterocycles. The number of nitrogens with zero attached hydrogens (tertiary/aromatic N) is 1. The Labute approximate surface area is 167 Å². The third-order valence-corrected chi connectivity index (χ3v) is 6.15. The van der Waals surface area contributed by atoms with Crippen molar-refractivity contribution in [2.24, 2.45) is 5.41 Å². The normalized spacial score (nSPS) is 18.1. The first-order valence-electron chi connectivity index (χ1n) is 9.52. The summed E-state index contributed by atoms with van der Waals surface area (Å²) in [6.07, 6.45) is 3.14. The van der Waals surface area contributed by atoms with E-state index in [1.165, 1.54) is 11.3 Å². The summed E-state index contributed by atoms with van der Waals surface area (Å²) in [5.41, 5.74) is 3.87. The SMILES string of the molecule is CC1(CNC(=O)Nc2nc(-c3ccc4c(c3)CCC(=O)N4)cs2)CCOCC1. The molecule has 1 fully saturated rings. The first kappa shape index (κ1) is 18.9. The number of amides is 3. The second-order valence-electron chi connectivity index (χ2n) is 7.69. The molecule has 2 aromatic rings. The number of rotatable bonds is 4. The van der Waals surface area contributed by atoms with Crippen molar-refractivity contribution in [3.05, 3.63) is 29.1 Å². The number of benzene rings is 1. The lowest BCUT2D eigenvalue weighted by atomic mass is 9.82. The van der Waals surface area contributed by atoms with Gasteiger partial charge in [0.1, 0.15) is 0 Å². The predicted molar refractivity (Wildman–Crippen MR) is 110 cm³/mol. The molecule has 3 N–H and O–H groups in total. The van der Waals surface area contributed by atoms with Gasteiger partial charge in [0.05, 0.1) is 5.69 Å². The Morgan fingerprint density at radius 3 is 2.96 bits per heavy atom. The molecular weight excluding hydrogens is 376 g/mol. The number of hydrogen-bond acceptors (Lipinski definition) is 5. The zero-order valence-corrected chi connectivity index (χ0v) is 16.7. The average molecular weight is 401 g/mol. The maximum Gasteiger partial charge on any atom is 0.321 e. The van der Waals surface area contributed by atoms with Crippen LogP contribution in [0.1, 0.15) is 31.7 Å². The van der Waals surface area contributed by atoms with E-state index in [2.05, 4.69) is 33.9 Å². The Balaban J connectivity index is 1.36. The first-order valence-corrected chi connectivity index (χ1v) is 10.4. The van der Waals surface area contributed by atoms with E-state index >= 15 is 0 Å². The monoisotopic (exact) mass is 400 g/mol. The molecule has 0 saturated carbocycles. The Morgan fingerprint density at radius 1 is 1.32 bits per heavy atom. The smallest absolute Gasteiger partial charge is 0.321 e. The number of aryl methyl sites for hydroxylation is 1. The molecule has 148 valence electrons. The van der Waals surface area contributed by atoms with Gasteiger partial charge < -0.3 is 15.4 Å². The van der Waals surface area contributed by atoms with Gasteiger partial charge in [0.15, 0.2) is 5.13 Å². The van der Waals surface area contributed by atoms with Crippen LogP contribution in [0.15, 0.2) is 23.6 Å². The average Bonchev–Trinajstić information content (AvgIpc) is 3.15. The van der Waals surface area contributed by atoms with Gasteiger partial charge >= 0.3 is 6.03 Å². The predicted octanol–water partition coefficient (Wildman–Crippen LogP) is 3.63. The van der Waals surface area contributed by atoms with Gasteiger partial charge in [0, 0.05) is 42.8 Å². The first-order chi connectivity index (χ1) is 13.5. The fourth-order valence-corrected chi connectivity index (χ4v) is 4.20. The van der Waals surface area contributed by atoms with Crippen LogP contribution < -0.4 is 16.0 Å². The number of carbonyl (C=O) groups excluding carboxylic acids is 2. The molecule has 0 unspecified atom stereocenters. The van der Waals surface area contributed by atoms with E-state index in [1.807, 2.05) is 17.5 Å². The third-order valence-electron chi connectivity index (χ3n) is 5.40. The fraction of sp³-hybridized carbons (Fsp3) is 0.450. The van der Waals surface area contributed by atoms with Crippen molar-refractivity contribution in [2.45, 2.75) is 32.6 Å². The van der Waals surface area contributed by atoms with E-state index in [4.69, 9.17) is 4.74 Å². The molecule has 3 amide bonds. The minimum atomic E-state index is -0.234. The molecule has 0 aliphatic carbocycles. The lowest BCUT2D eigenvalue weighted by Gasteiger charge is -2.33. The minimum Gasteiger partial charge on any atom is -0.381 e. The summed E-state index contributed by atoms with van der Waals surface area (Å²) < 4.78 is 5.39. The van der Waals surface area contributed by atoms with Crippen LogP contribution in [-0.4, -0.2) is 36.7 Å². The molecule has 0 spiro atoms. The van der Waals surface area contributed by atoms with Gasteiger partial charge in [0.2, 0.25) is 5.91 Å². The standard InChI is InChI=1S/C20H24N4O3S/c1-20(6-8-27-9-7-20)12-21-18(26)24-19-23-16(11-28-19)14-2-4-15-13(10-14)3-5-17(25)22-15/h2,4,10-11H,3,5-9,12H2,1H3,(H,22,25)(H2,21,23,24,26). The van der Waals surface area contributed by atoms with Crippen LogP contribution in [-0.2, 0) is 16.0 Å². The highest BCUT2D eigenvalue weighted by atomic mass is 32.1. The topological polar surface area (TPSA) is 92.4 Å². The summed E-state index contributed by atoms with van der Waals surface area (Å²) in [4.78, 5) is 28.3. The highest BCUT2D eigenvalue weighted by Crippen LogP contribution is 2.31. The molecule has 7 nitrogen and oxygen atoms in total. The van der Waals surface area contributed by atoms with Gasteiger partial charge in [-0.2, -0.15) is 0 Å². The van der Waals surface area contributed by atoms with Crippen LogP contribution in [0.5, 0.6) is 0 Å². The third kappa shape index (κ3) is 4.34. The number of ether oxygens (including phenoxy) is 1. The minimum absolute atomic E-state index is 0.0565. The second kappa shape index (κ2) is 7.89. The largest absolute Gasteiger partial charge is 0.381 e. The van der Waals surface area contributed by atoms with E-state index in [9.17, 15) is 9.59 Å². The summed E-state index contributed by atoms with van der Waals surface area (Å²) in [6, 6.07) is 5.67. The Bertz CT molecular complexity index is 889. The lowest BCUT2D eigenvalue weighted by molar-refractivity contribution is -0.116. The van der Waals surface area contributed by atoms with Crippen LogP contribution in [0.2, 0.25) is 0 Å². The lowest BCUT2D eigenvalue weighted by Crippen LogP contribution is -2.41. The van der Waals surface area contributed by atoms with Crippen molar-refractivity contribution < 1.29 is 14.3 Å². The van der Waals surface area contributed by atoms with Gasteiger partial charge in [-0.1, -0.05) is 13.0 Å². The van der Waals surface area contributed by atoms with E-state index in [1.54, 1.807) is 0 Å². The zero-order valence-electron chi connectivity index (χ0n) is 15.8. The molecule has 2 aliphatic rings. The Kier molecular flexibility index (Phi) is 5.32. The van der Waals surface area contributed by atoms with Crippen molar-refractivity contribution in [3.8, 4) is 11.3 Å². The number of anilines is 2. The molecule has 28 heavy (non-hydrogen) atoms. The highest BCUT2D eigenvalue weighted by molar-refractivity contribution is 7.14. The number of carbonyl (C=O) groups is 2. The second-order valence-corrected chi connectivity index (χ2v) is 8.55. The van der Waals surface area contributed by atoms with Crippen LogP contribution in [0, 0.1) is 5.41 Å². The molecule has 1 aromatic carbocycles. The molecular formula is C20H24N4O3S. The van der Waals surface area contributed by atoms with Crippen molar-refractivity contribution in [3.63, 3.8) is 0 Å². The zero-order chi connectivity index (χ0) is 19.6. The summed E-state index contributed by atoms with van der Waals surface area (Å²) in [7, 11) is 0. The summed E-state index contributed by atoms with van der Waals surface area (Å²) in [5, 5.41) is 11.2. The van der Waals surface area contributed by atoms with Crippen LogP contribution in [0.4, 0.5) is 15.6 Å². The van der Waals surface area contributed by atoms with Gasteiger partial charge in [-0.3, -0.25) is 10.1 Å². The number of thiazole rings is 1. The fourth-order valence-electron chi connectivity index (χ4n) is 3.48. The summed E-state index contributed by atoms with van der Waals surface area (Å²) in [5.74, 6) is 0.0565. The van der Waals surface area contributed by atoms with Gasteiger partial charge in [-0.15, -0.1) is 11.3 Å². The molecule has 0 bridgehead atoms. The number of urea groups is 1. The van der Waals surface area contributed by atoms with E-state index in [0.29, 0.717) is 18.1 Å². The van der Waals surface area contributed by atoms with Gasteiger partial charge in [-0.25, -0.2) is 9.78 Å². The number of aromatic nitrogens is 1. The van der Waals surface area contributed by atoms with Gasteiger partial charge in [-0.05, 0) is 42.4 Å². The van der Waals surface area contributed by atoms with Crippen molar-refractivity contribution >= 4 is 34.1 Å². The number of nitrogens with one attached hydrogen (secondary N) is 3.